The molecule has 1 saturated heterocycles. The zero-order valence-corrected chi connectivity index (χ0v) is 12.9. The Kier molecular flexibility index (Phi) is 4.45. The normalized spacial score (nSPS) is 21.9. The fourth-order valence-electron chi connectivity index (χ4n) is 2.42. The molecule has 2 rings (SSSR count). The molecule has 1 aromatic carbocycles. The van der Waals surface area contributed by atoms with Crippen molar-refractivity contribution in [3.63, 3.8) is 0 Å². The highest BCUT2D eigenvalue weighted by Gasteiger charge is 2.40. The van der Waals surface area contributed by atoms with E-state index in [2.05, 4.69) is 15.9 Å². The van der Waals surface area contributed by atoms with Crippen molar-refractivity contribution in [2.45, 2.75) is 25.5 Å². The highest BCUT2D eigenvalue weighted by atomic mass is 79.9. The number of likely N-dealkylation sites (tertiary alicyclic amines) is 1. The number of carbonyl (C=O) groups is 2. The van der Waals surface area contributed by atoms with Gasteiger partial charge in [0.1, 0.15) is 6.04 Å². The number of halogens is 1. The Morgan fingerprint density at radius 2 is 2.15 bits per heavy atom. The molecule has 1 aliphatic heterocycles. The van der Waals surface area contributed by atoms with Gasteiger partial charge in [0.05, 0.1) is 13.2 Å². The number of hydrogen-bond acceptors (Lipinski definition) is 4. The van der Waals surface area contributed by atoms with E-state index in [-0.39, 0.29) is 18.9 Å². The number of aryl methyl sites for hydroxylation is 1. The van der Waals surface area contributed by atoms with Gasteiger partial charge < -0.3 is 14.7 Å². The maximum atomic E-state index is 12.5. The van der Waals surface area contributed by atoms with Crippen molar-refractivity contribution in [1.82, 2.24) is 4.90 Å². The van der Waals surface area contributed by atoms with Crippen LogP contribution in [0.1, 0.15) is 22.3 Å². The van der Waals surface area contributed by atoms with Crippen molar-refractivity contribution in [1.29, 1.82) is 0 Å². The van der Waals surface area contributed by atoms with Crippen LogP contribution in [0.3, 0.4) is 0 Å². The van der Waals surface area contributed by atoms with Gasteiger partial charge in [0.25, 0.3) is 5.91 Å². The molecule has 1 heterocycles. The predicted molar refractivity (Wildman–Crippen MR) is 76.3 cm³/mol. The first kappa shape index (κ1) is 15.0. The molecular formula is C14H16BrNO4. The minimum absolute atomic E-state index is 0.147. The molecule has 0 aromatic heterocycles. The lowest BCUT2D eigenvalue weighted by atomic mass is 10.1. The zero-order chi connectivity index (χ0) is 14.9. The lowest BCUT2D eigenvalue weighted by Crippen LogP contribution is -2.41. The molecule has 1 fully saturated rings. The predicted octanol–water partition coefficient (Wildman–Crippen LogP) is 1.51. The molecule has 6 heteroatoms. The number of β-amino-alcohol motifs (C(OH)–C–C–N with tert-alkyl or cyclic N) is 1. The number of rotatable bonds is 2. The largest absolute Gasteiger partial charge is 0.467 e. The standard InChI is InChI=1S/C14H16BrNO4/c1-8-5-9(15)3-4-11(8)13(18)16-7-10(17)6-12(16)14(19)20-2/h3-5,10,12,17H,6-7H2,1-2H3. The van der Waals surface area contributed by atoms with Crippen LogP contribution in [0.5, 0.6) is 0 Å². The third-order valence-corrected chi connectivity index (χ3v) is 3.93. The molecule has 0 radical (unpaired) electrons. The Hall–Kier alpha value is -1.40. The first-order valence-electron chi connectivity index (χ1n) is 6.27. The summed E-state index contributed by atoms with van der Waals surface area (Å²) in [6.07, 6.45) is -0.479. The molecule has 20 heavy (non-hydrogen) atoms. The van der Waals surface area contributed by atoms with Gasteiger partial charge in [-0.2, -0.15) is 0 Å². The van der Waals surface area contributed by atoms with Crippen LogP contribution in [-0.2, 0) is 9.53 Å². The molecule has 5 nitrogen and oxygen atoms in total. The molecule has 1 amide bonds. The number of hydrogen-bond donors (Lipinski definition) is 1. The van der Waals surface area contributed by atoms with E-state index in [1.165, 1.54) is 12.0 Å². The fourth-order valence-corrected chi connectivity index (χ4v) is 2.90. The summed E-state index contributed by atoms with van der Waals surface area (Å²) in [6.45, 7) is 1.98. The summed E-state index contributed by atoms with van der Waals surface area (Å²) < 4.78 is 5.58. The van der Waals surface area contributed by atoms with E-state index in [1.807, 2.05) is 13.0 Å². The van der Waals surface area contributed by atoms with Gasteiger partial charge in [-0.1, -0.05) is 15.9 Å². The van der Waals surface area contributed by atoms with E-state index in [1.54, 1.807) is 12.1 Å². The second-order valence-corrected chi connectivity index (χ2v) is 5.76. The Balaban J connectivity index is 2.29. The number of methoxy groups -OCH3 is 1. The SMILES string of the molecule is COC(=O)C1CC(O)CN1C(=O)c1ccc(Br)cc1C. The van der Waals surface area contributed by atoms with Crippen LogP contribution in [0, 0.1) is 6.92 Å². The highest BCUT2D eigenvalue weighted by Crippen LogP contribution is 2.24. The number of aliphatic hydroxyl groups is 1. The minimum atomic E-state index is -0.717. The van der Waals surface area contributed by atoms with Crippen molar-refractivity contribution in [2.75, 3.05) is 13.7 Å². The summed E-state index contributed by atoms with van der Waals surface area (Å²) >= 11 is 3.35. The van der Waals surface area contributed by atoms with Gasteiger partial charge >= 0.3 is 5.97 Å². The quantitative estimate of drug-likeness (QED) is 0.828. The monoisotopic (exact) mass is 341 g/mol. The van der Waals surface area contributed by atoms with E-state index in [0.717, 1.165) is 10.0 Å². The highest BCUT2D eigenvalue weighted by molar-refractivity contribution is 9.10. The minimum Gasteiger partial charge on any atom is -0.467 e. The summed E-state index contributed by atoms with van der Waals surface area (Å²) in [7, 11) is 1.28. The van der Waals surface area contributed by atoms with Crippen molar-refractivity contribution < 1.29 is 19.4 Å². The van der Waals surface area contributed by atoms with E-state index >= 15 is 0 Å². The molecule has 0 saturated carbocycles. The average Bonchev–Trinajstić information content (AvgIpc) is 2.79. The molecular weight excluding hydrogens is 326 g/mol. The lowest BCUT2D eigenvalue weighted by Gasteiger charge is -2.23. The molecule has 108 valence electrons. The van der Waals surface area contributed by atoms with Crippen LogP contribution in [-0.4, -0.2) is 47.7 Å². The van der Waals surface area contributed by atoms with Crippen LogP contribution >= 0.6 is 15.9 Å². The van der Waals surface area contributed by atoms with Crippen LogP contribution in [0.25, 0.3) is 0 Å². The zero-order valence-electron chi connectivity index (χ0n) is 11.3. The molecule has 1 N–H and O–H groups in total. The summed E-state index contributed by atoms with van der Waals surface area (Å²) in [6, 6.07) is 4.61. The molecule has 0 bridgehead atoms. The van der Waals surface area contributed by atoms with Crippen LogP contribution in [0.2, 0.25) is 0 Å². The van der Waals surface area contributed by atoms with Gasteiger partial charge in [-0.25, -0.2) is 4.79 Å². The number of carbonyl (C=O) groups excluding carboxylic acids is 2. The summed E-state index contributed by atoms with van der Waals surface area (Å²) in [5.41, 5.74) is 1.34. The molecule has 2 unspecified atom stereocenters. The number of benzene rings is 1. The van der Waals surface area contributed by atoms with Crippen molar-refractivity contribution >= 4 is 27.8 Å². The Morgan fingerprint density at radius 1 is 1.45 bits per heavy atom. The maximum absolute atomic E-state index is 12.5. The second-order valence-electron chi connectivity index (χ2n) is 4.85. The fraction of sp³-hybridized carbons (Fsp3) is 0.429. The van der Waals surface area contributed by atoms with Crippen LogP contribution in [0.15, 0.2) is 22.7 Å². The lowest BCUT2D eigenvalue weighted by molar-refractivity contribution is -0.145. The maximum Gasteiger partial charge on any atom is 0.328 e. The van der Waals surface area contributed by atoms with Crippen LogP contribution < -0.4 is 0 Å². The number of esters is 1. The summed E-state index contributed by atoms with van der Waals surface area (Å²) in [5, 5.41) is 9.71. The van der Waals surface area contributed by atoms with Gasteiger partial charge in [-0.3, -0.25) is 4.79 Å². The number of amides is 1. The summed E-state index contributed by atoms with van der Waals surface area (Å²) in [5.74, 6) is -0.758. The number of aliphatic hydroxyl groups excluding tert-OH is 1. The first-order chi connectivity index (χ1) is 9.43. The van der Waals surface area contributed by atoms with Gasteiger partial charge in [0.15, 0.2) is 0 Å². The van der Waals surface area contributed by atoms with E-state index in [0.29, 0.717) is 5.56 Å². The van der Waals surface area contributed by atoms with E-state index in [4.69, 9.17) is 4.74 Å². The molecule has 2 atom stereocenters. The smallest absolute Gasteiger partial charge is 0.328 e. The van der Waals surface area contributed by atoms with Crippen molar-refractivity contribution in [3.05, 3.63) is 33.8 Å². The van der Waals surface area contributed by atoms with E-state index in [9.17, 15) is 14.7 Å². The third kappa shape index (κ3) is 2.86. The Labute approximate surface area is 125 Å². The van der Waals surface area contributed by atoms with E-state index < -0.39 is 18.1 Å². The third-order valence-electron chi connectivity index (χ3n) is 3.43. The Bertz CT molecular complexity index is 546. The Morgan fingerprint density at radius 3 is 2.75 bits per heavy atom. The second kappa shape index (κ2) is 5.93. The summed E-state index contributed by atoms with van der Waals surface area (Å²) in [4.78, 5) is 25.6. The van der Waals surface area contributed by atoms with Gasteiger partial charge in [0, 0.05) is 23.0 Å². The molecule has 1 aliphatic rings. The average molecular weight is 342 g/mol. The molecule has 0 spiro atoms. The van der Waals surface area contributed by atoms with Crippen LogP contribution in [0.4, 0.5) is 0 Å². The number of nitrogens with zero attached hydrogens (tertiary/aromatic N) is 1. The van der Waals surface area contributed by atoms with Crippen molar-refractivity contribution in [2.24, 2.45) is 0 Å². The van der Waals surface area contributed by atoms with Gasteiger partial charge in [0.2, 0.25) is 0 Å². The van der Waals surface area contributed by atoms with Crippen molar-refractivity contribution in [3.8, 4) is 0 Å². The molecule has 0 aliphatic carbocycles. The van der Waals surface area contributed by atoms with Gasteiger partial charge in [-0.15, -0.1) is 0 Å². The topological polar surface area (TPSA) is 66.8 Å². The van der Waals surface area contributed by atoms with Gasteiger partial charge in [-0.05, 0) is 30.7 Å². The number of ether oxygens (including phenoxy) is 1. The first-order valence-corrected chi connectivity index (χ1v) is 7.06. The molecule has 1 aromatic rings.